The van der Waals surface area contributed by atoms with Crippen LogP contribution in [0.2, 0.25) is 0 Å². The Bertz CT molecular complexity index is 387. The summed E-state index contributed by atoms with van der Waals surface area (Å²) in [6, 6.07) is 1.75. The molecule has 2 rings (SSSR count). The monoisotopic (exact) mass is 239 g/mol. The third kappa shape index (κ3) is 2.33. The zero-order valence-corrected chi connectivity index (χ0v) is 9.48. The van der Waals surface area contributed by atoms with Crippen molar-refractivity contribution in [3.8, 4) is 0 Å². The van der Waals surface area contributed by atoms with E-state index in [1.165, 1.54) is 11.8 Å². The van der Waals surface area contributed by atoms with E-state index in [1.807, 2.05) is 0 Å². The first-order chi connectivity index (χ1) is 7.60. The van der Waals surface area contributed by atoms with Crippen molar-refractivity contribution in [1.29, 1.82) is 0 Å². The van der Waals surface area contributed by atoms with Gasteiger partial charge in [0, 0.05) is 17.6 Å². The standard InChI is InChI=1S/C10H13N3O2S/c11-10(8(14)15)3-2-7(6-10)16-9-12-4-1-5-13-9/h1,4-5,7H,2-3,6,11H2,(H,14,15). The summed E-state index contributed by atoms with van der Waals surface area (Å²) >= 11 is 1.51. The number of thioether (sulfide) groups is 1. The Labute approximate surface area is 97.5 Å². The first-order valence-electron chi connectivity index (χ1n) is 5.06. The molecule has 0 amide bonds. The van der Waals surface area contributed by atoms with Gasteiger partial charge in [-0.25, -0.2) is 9.97 Å². The van der Waals surface area contributed by atoms with E-state index >= 15 is 0 Å². The van der Waals surface area contributed by atoms with E-state index in [0.717, 1.165) is 6.42 Å². The van der Waals surface area contributed by atoms with Crippen LogP contribution in [0.4, 0.5) is 0 Å². The van der Waals surface area contributed by atoms with E-state index in [4.69, 9.17) is 10.8 Å². The first kappa shape index (κ1) is 11.3. The van der Waals surface area contributed by atoms with Crippen molar-refractivity contribution in [2.75, 3.05) is 0 Å². The van der Waals surface area contributed by atoms with Crippen LogP contribution < -0.4 is 5.73 Å². The second kappa shape index (κ2) is 4.39. The zero-order chi connectivity index (χ0) is 11.6. The molecule has 16 heavy (non-hydrogen) atoms. The molecule has 1 fully saturated rings. The van der Waals surface area contributed by atoms with Crippen molar-refractivity contribution >= 4 is 17.7 Å². The lowest BCUT2D eigenvalue weighted by Crippen LogP contribution is -2.45. The van der Waals surface area contributed by atoms with Gasteiger partial charge in [0.25, 0.3) is 0 Å². The molecule has 86 valence electrons. The van der Waals surface area contributed by atoms with Crippen LogP contribution in [-0.2, 0) is 4.79 Å². The highest BCUT2D eigenvalue weighted by molar-refractivity contribution is 7.99. The quantitative estimate of drug-likeness (QED) is 0.762. The lowest BCUT2D eigenvalue weighted by molar-refractivity contribution is -0.143. The van der Waals surface area contributed by atoms with Crippen LogP contribution in [0.5, 0.6) is 0 Å². The molecule has 1 aliphatic carbocycles. The zero-order valence-electron chi connectivity index (χ0n) is 8.67. The number of carboxylic acids is 1. The molecule has 1 saturated carbocycles. The summed E-state index contributed by atoms with van der Waals surface area (Å²) in [5.74, 6) is -0.912. The summed E-state index contributed by atoms with van der Waals surface area (Å²) in [5.41, 5.74) is 4.73. The van der Waals surface area contributed by atoms with E-state index in [0.29, 0.717) is 18.0 Å². The lowest BCUT2D eigenvalue weighted by Gasteiger charge is -2.17. The van der Waals surface area contributed by atoms with E-state index in [2.05, 4.69) is 9.97 Å². The van der Waals surface area contributed by atoms with Crippen molar-refractivity contribution in [2.24, 2.45) is 5.73 Å². The molecular formula is C10H13N3O2S. The van der Waals surface area contributed by atoms with Crippen LogP contribution in [-0.4, -0.2) is 31.8 Å². The maximum absolute atomic E-state index is 11.0. The summed E-state index contributed by atoms with van der Waals surface area (Å²) in [6.45, 7) is 0. The van der Waals surface area contributed by atoms with Crippen LogP contribution >= 0.6 is 11.8 Å². The van der Waals surface area contributed by atoms with Crippen molar-refractivity contribution in [3.63, 3.8) is 0 Å². The van der Waals surface area contributed by atoms with Crippen LogP contribution in [0.3, 0.4) is 0 Å². The SMILES string of the molecule is NC1(C(=O)O)CCC(Sc2ncccn2)C1. The summed E-state index contributed by atoms with van der Waals surface area (Å²) in [4.78, 5) is 19.2. The Balaban J connectivity index is 1.98. The highest BCUT2D eigenvalue weighted by Gasteiger charge is 2.42. The normalized spacial score (nSPS) is 29.2. The number of carbonyl (C=O) groups is 1. The maximum Gasteiger partial charge on any atom is 0.323 e. The van der Waals surface area contributed by atoms with E-state index < -0.39 is 11.5 Å². The Kier molecular flexibility index (Phi) is 3.11. The van der Waals surface area contributed by atoms with Gasteiger partial charge in [-0.2, -0.15) is 0 Å². The molecule has 1 aliphatic rings. The first-order valence-corrected chi connectivity index (χ1v) is 5.94. The molecule has 0 aromatic carbocycles. The average molecular weight is 239 g/mol. The molecule has 0 spiro atoms. The second-order valence-corrected chi connectivity index (χ2v) is 5.24. The third-order valence-corrected chi connectivity index (χ3v) is 3.90. The summed E-state index contributed by atoms with van der Waals surface area (Å²) in [7, 11) is 0. The predicted molar refractivity (Wildman–Crippen MR) is 60.1 cm³/mol. The van der Waals surface area contributed by atoms with Gasteiger partial charge >= 0.3 is 5.97 Å². The predicted octanol–water partition coefficient (Wildman–Crippen LogP) is 0.903. The number of aromatic nitrogens is 2. The van der Waals surface area contributed by atoms with Gasteiger partial charge in [-0.3, -0.25) is 4.79 Å². The fourth-order valence-corrected chi connectivity index (χ4v) is 2.98. The van der Waals surface area contributed by atoms with Gasteiger partial charge in [-0.15, -0.1) is 0 Å². The van der Waals surface area contributed by atoms with Gasteiger partial charge < -0.3 is 10.8 Å². The minimum atomic E-state index is -1.06. The minimum absolute atomic E-state index is 0.198. The van der Waals surface area contributed by atoms with Gasteiger partial charge in [0.15, 0.2) is 5.16 Å². The largest absolute Gasteiger partial charge is 0.480 e. The molecule has 0 radical (unpaired) electrons. The van der Waals surface area contributed by atoms with E-state index in [-0.39, 0.29) is 5.25 Å². The molecule has 1 aromatic heterocycles. The Morgan fingerprint density at radius 1 is 1.56 bits per heavy atom. The minimum Gasteiger partial charge on any atom is -0.480 e. The number of carboxylic acid groups (broad SMARTS) is 1. The van der Waals surface area contributed by atoms with E-state index in [1.54, 1.807) is 18.5 Å². The van der Waals surface area contributed by atoms with Crippen LogP contribution in [0.1, 0.15) is 19.3 Å². The van der Waals surface area contributed by atoms with Gasteiger partial charge in [0.2, 0.25) is 0 Å². The summed E-state index contributed by atoms with van der Waals surface area (Å²) in [6.07, 6.45) is 5.15. The number of hydrogen-bond donors (Lipinski definition) is 2. The fraction of sp³-hybridized carbons (Fsp3) is 0.500. The van der Waals surface area contributed by atoms with Crippen LogP contribution in [0.25, 0.3) is 0 Å². The number of rotatable bonds is 3. The van der Waals surface area contributed by atoms with E-state index in [9.17, 15) is 4.79 Å². The number of nitrogens with two attached hydrogens (primary N) is 1. The fourth-order valence-electron chi connectivity index (χ4n) is 1.82. The molecule has 5 nitrogen and oxygen atoms in total. The molecule has 6 heteroatoms. The van der Waals surface area contributed by atoms with Crippen LogP contribution in [0.15, 0.2) is 23.6 Å². The molecule has 1 heterocycles. The molecule has 0 saturated heterocycles. The highest BCUT2D eigenvalue weighted by Crippen LogP contribution is 2.37. The molecule has 0 bridgehead atoms. The number of aliphatic carboxylic acids is 1. The lowest BCUT2D eigenvalue weighted by atomic mass is 10.0. The van der Waals surface area contributed by atoms with Gasteiger partial charge in [-0.1, -0.05) is 11.8 Å². The van der Waals surface area contributed by atoms with Crippen LogP contribution in [0, 0.1) is 0 Å². The van der Waals surface area contributed by atoms with Crippen molar-refractivity contribution in [3.05, 3.63) is 18.5 Å². The van der Waals surface area contributed by atoms with Gasteiger partial charge in [0.1, 0.15) is 5.54 Å². The molecule has 2 atom stereocenters. The Morgan fingerprint density at radius 2 is 2.25 bits per heavy atom. The smallest absolute Gasteiger partial charge is 0.323 e. The number of nitrogens with zero attached hydrogens (tertiary/aromatic N) is 2. The summed E-state index contributed by atoms with van der Waals surface area (Å²) in [5, 5.41) is 9.87. The Hall–Kier alpha value is -1.14. The number of hydrogen-bond acceptors (Lipinski definition) is 5. The average Bonchev–Trinajstić information content (AvgIpc) is 2.63. The summed E-state index contributed by atoms with van der Waals surface area (Å²) < 4.78 is 0. The molecule has 3 N–H and O–H groups in total. The molecule has 2 unspecified atom stereocenters. The van der Waals surface area contributed by atoms with Crippen molar-refractivity contribution < 1.29 is 9.90 Å². The van der Waals surface area contributed by atoms with Gasteiger partial charge in [0.05, 0.1) is 0 Å². The Morgan fingerprint density at radius 3 is 2.81 bits per heavy atom. The van der Waals surface area contributed by atoms with Gasteiger partial charge in [-0.05, 0) is 25.3 Å². The molecular weight excluding hydrogens is 226 g/mol. The second-order valence-electron chi connectivity index (χ2n) is 3.98. The third-order valence-electron chi connectivity index (χ3n) is 2.74. The highest BCUT2D eigenvalue weighted by atomic mass is 32.2. The molecule has 1 aromatic rings. The van der Waals surface area contributed by atoms with Crippen molar-refractivity contribution in [1.82, 2.24) is 9.97 Å². The topological polar surface area (TPSA) is 89.1 Å². The molecule has 0 aliphatic heterocycles. The van der Waals surface area contributed by atoms with Crippen molar-refractivity contribution in [2.45, 2.75) is 35.2 Å². The maximum atomic E-state index is 11.0.